The third-order valence-electron chi connectivity index (χ3n) is 6.07. The van der Waals surface area contributed by atoms with Crippen molar-refractivity contribution in [1.82, 2.24) is 9.97 Å². The van der Waals surface area contributed by atoms with E-state index in [1.54, 1.807) is 0 Å². The molecule has 9 nitrogen and oxygen atoms in total. The van der Waals surface area contributed by atoms with E-state index in [2.05, 4.69) is 46.1 Å². The van der Waals surface area contributed by atoms with Crippen molar-refractivity contribution >= 4 is 23.3 Å². The molecule has 2 saturated heterocycles. The number of nitro groups is 1. The van der Waals surface area contributed by atoms with Crippen LogP contribution in [0.25, 0.3) is 0 Å². The number of hydrogen-bond donors (Lipinski definition) is 2. The summed E-state index contributed by atoms with van der Waals surface area (Å²) in [5.41, 5.74) is 7.22. The van der Waals surface area contributed by atoms with Gasteiger partial charge in [0.2, 0.25) is 17.6 Å². The molecule has 1 atom stereocenters. The zero-order chi connectivity index (χ0) is 21.1. The number of rotatable bonds is 5. The first-order valence-corrected chi connectivity index (χ1v) is 10.7. The lowest BCUT2D eigenvalue weighted by molar-refractivity contribution is -0.914. The minimum absolute atomic E-state index is 0.0442. The van der Waals surface area contributed by atoms with Gasteiger partial charge in [0.15, 0.2) is 0 Å². The molecule has 0 bridgehead atoms. The lowest BCUT2D eigenvalue weighted by Gasteiger charge is -2.34. The van der Waals surface area contributed by atoms with Crippen molar-refractivity contribution in [3.63, 3.8) is 0 Å². The largest absolute Gasteiger partial charge is 0.378 e. The van der Waals surface area contributed by atoms with Crippen molar-refractivity contribution in [1.29, 1.82) is 0 Å². The minimum Gasteiger partial charge on any atom is -0.378 e. The highest BCUT2D eigenvalue weighted by Gasteiger charge is 2.32. The summed E-state index contributed by atoms with van der Waals surface area (Å²) in [5, 5.41) is 11.7. The lowest BCUT2D eigenvalue weighted by atomic mass is 10.0. The molecular weight excluding hydrogens is 382 g/mol. The number of nitrogen functional groups attached to an aromatic ring is 1. The molecule has 0 saturated carbocycles. The van der Waals surface area contributed by atoms with Gasteiger partial charge in [-0.05, 0) is 18.8 Å². The number of aromatic nitrogens is 2. The van der Waals surface area contributed by atoms with Crippen LogP contribution >= 0.6 is 0 Å². The molecule has 3 N–H and O–H groups in total. The molecule has 1 aromatic carbocycles. The highest BCUT2D eigenvalue weighted by Crippen LogP contribution is 2.35. The summed E-state index contributed by atoms with van der Waals surface area (Å²) in [6, 6.07) is 10.5. The molecule has 2 aliphatic rings. The van der Waals surface area contributed by atoms with Gasteiger partial charge in [-0.3, -0.25) is 10.1 Å². The molecule has 1 aromatic heterocycles. The number of piperazine rings is 1. The van der Waals surface area contributed by atoms with Gasteiger partial charge in [0.1, 0.15) is 6.54 Å². The molecule has 0 aliphatic carbocycles. The van der Waals surface area contributed by atoms with Crippen LogP contribution in [0.4, 0.5) is 23.3 Å². The molecule has 9 heteroatoms. The van der Waals surface area contributed by atoms with E-state index in [0.29, 0.717) is 17.7 Å². The number of hydrogen-bond acceptors (Lipinski definition) is 7. The molecule has 2 fully saturated rings. The van der Waals surface area contributed by atoms with E-state index in [1.807, 2.05) is 11.0 Å². The molecule has 3 heterocycles. The van der Waals surface area contributed by atoms with Crippen molar-refractivity contribution < 1.29 is 9.82 Å². The Bertz CT molecular complexity index is 884. The standard InChI is InChI=1S/C21H29N7O2/c1-16-6-5-9-27(14-16)20-18(28(29)30)19(22)23-21(24-20)26-12-10-25(11-13-26)15-17-7-3-2-4-8-17/h2-4,7-8,16H,5-6,9-15H2,1H3,(H2,22,23,24)/p+1/t16-/m1/s1. The topological polar surface area (TPSA) is 106 Å². The summed E-state index contributed by atoms with van der Waals surface area (Å²) in [5.74, 6) is 1.30. The predicted octanol–water partition coefficient (Wildman–Crippen LogP) is 1.11. The number of nitrogens with two attached hydrogens (primary N) is 1. The highest BCUT2D eigenvalue weighted by atomic mass is 16.6. The monoisotopic (exact) mass is 412 g/mol. The Morgan fingerprint density at radius 1 is 1.17 bits per heavy atom. The van der Waals surface area contributed by atoms with Gasteiger partial charge in [-0.25, -0.2) is 0 Å². The number of quaternary nitrogens is 1. The smallest absolute Gasteiger partial charge is 0.353 e. The molecule has 2 aromatic rings. The van der Waals surface area contributed by atoms with Crippen molar-refractivity contribution in [3.8, 4) is 0 Å². The van der Waals surface area contributed by atoms with Gasteiger partial charge in [0, 0.05) is 18.7 Å². The number of piperidine rings is 1. The van der Waals surface area contributed by atoms with Gasteiger partial charge in [-0.2, -0.15) is 9.97 Å². The maximum atomic E-state index is 11.7. The minimum atomic E-state index is -0.449. The summed E-state index contributed by atoms with van der Waals surface area (Å²) in [6.45, 7) is 8.20. The van der Waals surface area contributed by atoms with Crippen LogP contribution in [0.2, 0.25) is 0 Å². The molecule has 0 unspecified atom stereocenters. The summed E-state index contributed by atoms with van der Waals surface area (Å²) in [7, 11) is 0. The normalized spacial score (nSPS) is 20.4. The Morgan fingerprint density at radius 2 is 1.90 bits per heavy atom. The first-order valence-electron chi connectivity index (χ1n) is 10.7. The third kappa shape index (κ3) is 4.46. The lowest BCUT2D eigenvalue weighted by Crippen LogP contribution is -3.13. The summed E-state index contributed by atoms with van der Waals surface area (Å²) in [4.78, 5) is 25.8. The Kier molecular flexibility index (Phi) is 5.98. The van der Waals surface area contributed by atoms with Gasteiger partial charge in [-0.15, -0.1) is 0 Å². The molecule has 0 spiro atoms. The van der Waals surface area contributed by atoms with Crippen LogP contribution in [0.15, 0.2) is 30.3 Å². The molecule has 2 aliphatic heterocycles. The molecule has 30 heavy (non-hydrogen) atoms. The van der Waals surface area contributed by atoms with Crippen LogP contribution in [-0.2, 0) is 6.54 Å². The molecule has 0 amide bonds. The third-order valence-corrected chi connectivity index (χ3v) is 6.07. The number of anilines is 3. The Labute approximate surface area is 176 Å². The first kappa shape index (κ1) is 20.3. The molecular formula is C21H30N7O2+. The summed E-state index contributed by atoms with van der Waals surface area (Å²) >= 11 is 0. The zero-order valence-corrected chi connectivity index (χ0v) is 17.5. The zero-order valence-electron chi connectivity index (χ0n) is 17.5. The van der Waals surface area contributed by atoms with Crippen LogP contribution in [0.1, 0.15) is 25.3 Å². The Hall–Kier alpha value is -2.94. The van der Waals surface area contributed by atoms with Crippen LogP contribution in [0, 0.1) is 16.0 Å². The van der Waals surface area contributed by atoms with Gasteiger partial charge < -0.3 is 20.4 Å². The highest BCUT2D eigenvalue weighted by molar-refractivity contribution is 5.71. The fourth-order valence-corrected chi connectivity index (χ4v) is 4.45. The summed E-state index contributed by atoms with van der Waals surface area (Å²) < 4.78 is 0. The van der Waals surface area contributed by atoms with E-state index in [4.69, 9.17) is 5.73 Å². The maximum Gasteiger partial charge on any atom is 0.353 e. The van der Waals surface area contributed by atoms with Crippen molar-refractivity contribution in [2.24, 2.45) is 5.92 Å². The molecule has 0 radical (unpaired) electrons. The van der Waals surface area contributed by atoms with E-state index in [-0.39, 0.29) is 11.5 Å². The first-order chi connectivity index (χ1) is 14.5. The molecule has 160 valence electrons. The maximum absolute atomic E-state index is 11.7. The number of benzene rings is 1. The van der Waals surface area contributed by atoms with E-state index in [0.717, 1.165) is 58.7 Å². The Balaban J connectivity index is 1.51. The van der Waals surface area contributed by atoms with Gasteiger partial charge >= 0.3 is 5.69 Å². The van der Waals surface area contributed by atoms with E-state index in [9.17, 15) is 10.1 Å². The van der Waals surface area contributed by atoms with Crippen LogP contribution < -0.4 is 20.4 Å². The van der Waals surface area contributed by atoms with Crippen molar-refractivity contribution in [2.75, 3.05) is 54.8 Å². The second-order valence-electron chi connectivity index (χ2n) is 8.43. The van der Waals surface area contributed by atoms with Crippen LogP contribution in [0.3, 0.4) is 0 Å². The molecule has 4 rings (SSSR count). The van der Waals surface area contributed by atoms with Crippen LogP contribution in [0.5, 0.6) is 0 Å². The number of nitrogens with zero attached hydrogens (tertiary/aromatic N) is 5. The van der Waals surface area contributed by atoms with Crippen LogP contribution in [-0.4, -0.2) is 54.2 Å². The van der Waals surface area contributed by atoms with Crippen molar-refractivity contribution in [2.45, 2.75) is 26.3 Å². The van der Waals surface area contributed by atoms with Crippen molar-refractivity contribution in [3.05, 3.63) is 46.0 Å². The van der Waals surface area contributed by atoms with Gasteiger partial charge in [-0.1, -0.05) is 37.3 Å². The second kappa shape index (κ2) is 8.83. The van der Waals surface area contributed by atoms with Gasteiger partial charge in [0.05, 0.1) is 31.1 Å². The quantitative estimate of drug-likeness (QED) is 0.560. The van der Waals surface area contributed by atoms with Gasteiger partial charge in [0.25, 0.3) is 0 Å². The predicted molar refractivity (Wildman–Crippen MR) is 117 cm³/mol. The van der Waals surface area contributed by atoms with E-state index < -0.39 is 4.92 Å². The van der Waals surface area contributed by atoms with E-state index >= 15 is 0 Å². The fourth-order valence-electron chi connectivity index (χ4n) is 4.45. The second-order valence-corrected chi connectivity index (χ2v) is 8.43. The Morgan fingerprint density at radius 3 is 2.57 bits per heavy atom. The SMILES string of the molecule is C[C@@H]1CCCN(c2nc(N3CC[NH+](Cc4ccccc4)CC3)nc(N)c2[N+](=O)[O-])C1. The average molecular weight is 413 g/mol. The fraction of sp³-hybridized carbons (Fsp3) is 0.524. The van der Waals surface area contributed by atoms with E-state index in [1.165, 1.54) is 10.5 Å². The summed E-state index contributed by atoms with van der Waals surface area (Å²) in [6.07, 6.45) is 2.13. The average Bonchev–Trinajstić information content (AvgIpc) is 2.74. The number of nitrogens with one attached hydrogen (secondary N) is 1.